The van der Waals surface area contributed by atoms with E-state index in [9.17, 15) is 0 Å². The third kappa shape index (κ3) is 0.327. The predicted molar refractivity (Wildman–Crippen MR) is 32.3 cm³/mol. The molecule has 2 heteroatoms. The maximum Gasteiger partial charge on any atom is 0.0355 e. The molecule has 0 saturated heterocycles. The molecule has 2 nitrogen and oxygen atoms in total. The fourth-order valence-corrected chi connectivity index (χ4v) is 1.91. The summed E-state index contributed by atoms with van der Waals surface area (Å²) in [5.41, 5.74) is 11.9. The highest BCUT2D eigenvalue weighted by atomic mass is 15.1. The van der Waals surface area contributed by atoms with Crippen molar-refractivity contribution in [2.24, 2.45) is 11.5 Å². The van der Waals surface area contributed by atoms with E-state index in [1.165, 1.54) is 6.42 Å². The monoisotopic (exact) mass is 112 g/mol. The van der Waals surface area contributed by atoms with Crippen LogP contribution in [0.4, 0.5) is 0 Å². The molecule has 2 atom stereocenters. The van der Waals surface area contributed by atoms with Gasteiger partial charge in [0.25, 0.3) is 0 Å². The number of rotatable bonds is 0. The van der Waals surface area contributed by atoms with E-state index in [1.54, 1.807) is 0 Å². The molecule has 2 rings (SSSR count). The van der Waals surface area contributed by atoms with Crippen LogP contribution in [0.1, 0.15) is 25.7 Å². The van der Waals surface area contributed by atoms with E-state index in [4.69, 9.17) is 11.5 Å². The number of hydrogen-bond donors (Lipinski definition) is 2. The molecule has 0 spiro atoms. The maximum absolute atomic E-state index is 5.86. The smallest absolute Gasteiger partial charge is 0.0355 e. The van der Waals surface area contributed by atoms with Crippen LogP contribution in [0.25, 0.3) is 0 Å². The Morgan fingerprint density at radius 1 is 1.00 bits per heavy atom. The standard InChI is InChI=1S/C6H12N2/c7-5-2-1-3-6(5,8)4-5/h1-4,7-8H2. The highest BCUT2D eigenvalue weighted by molar-refractivity contribution is 5.28. The normalized spacial score (nSPS) is 60.8. The molecular formula is C6H12N2. The average Bonchev–Trinajstić information content (AvgIpc) is 2.00. The lowest BCUT2D eigenvalue weighted by Crippen LogP contribution is -2.35. The minimum atomic E-state index is 0.0764. The molecule has 0 aromatic rings. The molecule has 2 fully saturated rings. The molecule has 0 heterocycles. The summed E-state index contributed by atoms with van der Waals surface area (Å²) >= 11 is 0. The van der Waals surface area contributed by atoms with Gasteiger partial charge in [0.15, 0.2) is 0 Å². The van der Waals surface area contributed by atoms with E-state index in [1.807, 2.05) is 0 Å². The minimum Gasteiger partial charge on any atom is -0.323 e. The second-order valence-corrected chi connectivity index (χ2v) is 3.34. The molecule has 0 amide bonds. The van der Waals surface area contributed by atoms with E-state index in [2.05, 4.69) is 0 Å². The van der Waals surface area contributed by atoms with Crippen molar-refractivity contribution >= 4 is 0 Å². The fourth-order valence-electron chi connectivity index (χ4n) is 1.91. The van der Waals surface area contributed by atoms with Gasteiger partial charge in [-0.05, 0) is 25.7 Å². The third-order valence-electron chi connectivity index (χ3n) is 2.74. The molecule has 0 aromatic carbocycles. The summed E-state index contributed by atoms with van der Waals surface area (Å²) in [7, 11) is 0. The van der Waals surface area contributed by atoms with Crippen molar-refractivity contribution in [3.63, 3.8) is 0 Å². The van der Waals surface area contributed by atoms with Crippen molar-refractivity contribution in [1.82, 2.24) is 0 Å². The minimum absolute atomic E-state index is 0.0764. The lowest BCUT2D eigenvalue weighted by molar-refractivity contribution is 0.603. The fraction of sp³-hybridized carbons (Fsp3) is 1.00. The second kappa shape index (κ2) is 0.957. The Morgan fingerprint density at radius 3 is 1.62 bits per heavy atom. The van der Waals surface area contributed by atoms with Crippen molar-refractivity contribution in [1.29, 1.82) is 0 Å². The van der Waals surface area contributed by atoms with Crippen LogP contribution < -0.4 is 11.5 Å². The van der Waals surface area contributed by atoms with Gasteiger partial charge in [0.2, 0.25) is 0 Å². The zero-order valence-corrected chi connectivity index (χ0v) is 4.98. The zero-order valence-electron chi connectivity index (χ0n) is 4.98. The average molecular weight is 112 g/mol. The van der Waals surface area contributed by atoms with Crippen LogP contribution in [0, 0.1) is 0 Å². The van der Waals surface area contributed by atoms with Crippen LogP contribution in [-0.4, -0.2) is 11.1 Å². The molecule has 0 radical (unpaired) electrons. The van der Waals surface area contributed by atoms with E-state index in [0.29, 0.717) is 0 Å². The highest BCUT2D eigenvalue weighted by Crippen LogP contribution is 2.55. The van der Waals surface area contributed by atoms with E-state index < -0.39 is 0 Å². The summed E-state index contributed by atoms with van der Waals surface area (Å²) in [6.45, 7) is 0. The molecule has 2 unspecified atom stereocenters. The van der Waals surface area contributed by atoms with Crippen LogP contribution in [0.2, 0.25) is 0 Å². The SMILES string of the molecule is NC12CCCC1(N)C2. The van der Waals surface area contributed by atoms with Crippen LogP contribution in [0.5, 0.6) is 0 Å². The molecule has 2 aliphatic rings. The van der Waals surface area contributed by atoms with E-state index in [0.717, 1.165) is 19.3 Å². The summed E-state index contributed by atoms with van der Waals surface area (Å²) in [5.74, 6) is 0. The first-order valence-electron chi connectivity index (χ1n) is 3.24. The molecule has 46 valence electrons. The Morgan fingerprint density at radius 2 is 1.50 bits per heavy atom. The van der Waals surface area contributed by atoms with Crippen LogP contribution in [0.3, 0.4) is 0 Å². The largest absolute Gasteiger partial charge is 0.323 e. The molecule has 2 aliphatic carbocycles. The number of fused-ring (bicyclic) bond motifs is 1. The van der Waals surface area contributed by atoms with E-state index >= 15 is 0 Å². The van der Waals surface area contributed by atoms with E-state index in [-0.39, 0.29) is 11.1 Å². The quantitative estimate of drug-likeness (QED) is 0.462. The van der Waals surface area contributed by atoms with Crippen LogP contribution in [0.15, 0.2) is 0 Å². The van der Waals surface area contributed by atoms with Crippen LogP contribution >= 0.6 is 0 Å². The Labute approximate surface area is 49.2 Å². The number of hydrogen-bond acceptors (Lipinski definition) is 2. The lowest BCUT2D eigenvalue weighted by atomic mass is 10.2. The van der Waals surface area contributed by atoms with Crippen molar-refractivity contribution in [2.75, 3.05) is 0 Å². The van der Waals surface area contributed by atoms with Crippen molar-refractivity contribution < 1.29 is 0 Å². The third-order valence-corrected chi connectivity index (χ3v) is 2.74. The highest BCUT2D eigenvalue weighted by Gasteiger charge is 2.65. The van der Waals surface area contributed by atoms with Gasteiger partial charge < -0.3 is 11.5 Å². The van der Waals surface area contributed by atoms with Gasteiger partial charge in [-0.2, -0.15) is 0 Å². The van der Waals surface area contributed by atoms with Gasteiger partial charge in [0.05, 0.1) is 0 Å². The van der Waals surface area contributed by atoms with Gasteiger partial charge in [-0.25, -0.2) is 0 Å². The molecule has 0 bridgehead atoms. The van der Waals surface area contributed by atoms with Crippen molar-refractivity contribution in [3.8, 4) is 0 Å². The Hall–Kier alpha value is -0.0800. The lowest BCUT2D eigenvalue weighted by Gasteiger charge is -2.04. The maximum atomic E-state index is 5.86. The molecule has 0 aliphatic heterocycles. The first-order valence-corrected chi connectivity index (χ1v) is 3.24. The first-order chi connectivity index (χ1) is 3.66. The topological polar surface area (TPSA) is 52.0 Å². The summed E-state index contributed by atoms with van der Waals surface area (Å²) < 4.78 is 0. The predicted octanol–water partition coefficient (Wildman–Crippen LogP) is -0.0310. The summed E-state index contributed by atoms with van der Waals surface area (Å²) in [4.78, 5) is 0. The zero-order chi connectivity index (χ0) is 5.83. The first kappa shape index (κ1) is 4.77. The summed E-state index contributed by atoms with van der Waals surface area (Å²) in [6, 6.07) is 0. The van der Waals surface area contributed by atoms with Crippen LogP contribution in [-0.2, 0) is 0 Å². The molecule has 8 heavy (non-hydrogen) atoms. The Kier molecular flexibility index (Phi) is 0.570. The van der Waals surface area contributed by atoms with Gasteiger partial charge >= 0.3 is 0 Å². The Balaban J connectivity index is 2.26. The summed E-state index contributed by atoms with van der Waals surface area (Å²) in [6.07, 6.45) is 4.62. The van der Waals surface area contributed by atoms with Crippen molar-refractivity contribution in [2.45, 2.75) is 36.8 Å². The van der Waals surface area contributed by atoms with Gasteiger partial charge in [0, 0.05) is 11.1 Å². The number of nitrogens with two attached hydrogens (primary N) is 2. The van der Waals surface area contributed by atoms with Gasteiger partial charge in [-0.3, -0.25) is 0 Å². The van der Waals surface area contributed by atoms with Gasteiger partial charge in [-0.1, -0.05) is 0 Å². The molecule has 4 N–H and O–H groups in total. The van der Waals surface area contributed by atoms with Crippen molar-refractivity contribution in [3.05, 3.63) is 0 Å². The molecular weight excluding hydrogens is 100 g/mol. The Bertz CT molecular complexity index is 112. The molecule has 0 aromatic heterocycles. The summed E-state index contributed by atoms with van der Waals surface area (Å²) in [5, 5.41) is 0. The molecule has 2 saturated carbocycles. The van der Waals surface area contributed by atoms with Gasteiger partial charge in [-0.15, -0.1) is 0 Å². The van der Waals surface area contributed by atoms with Gasteiger partial charge in [0.1, 0.15) is 0 Å². The second-order valence-electron chi connectivity index (χ2n) is 3.34.